The number of rotatable bonds is 6. The Labute approximate surface area is 171 Å². The van der Waals surface area contributed by atoms with E-state index in [1.807, 2.05) is 66.7 Å². The molecule has 0 atom stereocenters. The van der Waals surface area contributed by atoms with Crippen LogP contribution in [-0.4, -0.2) is 11.3 Å². The van der Waals surface area contributed by atoms with Gasteiger partial charge in [-0.15, -0.1) is 0 Å². The molecule has 3 aromatic carbocycles. The van der Waals surface area contributed by atoms with E-state index in [1.54, 1.807) is 6.21 Å². The molecule has 0 saturated heterocycles. The summed E-state index contributed by atoms with van der Waals surface area (Å²) >= 11 is 5.30. The molecule has 3 rings (SSSR count). The van der Waals surface area contributed by atoms with Crippen molar-refractivity contribution in [2.24, 2.45) is 5.10 Å². The Balaban J connectivity index is 1.49. The third kappa shape index (κ3) is 5.66. The van der Waals surface area contributed by atoms with Gasteiger partial charge in [-0.05, 0) is 78.7 Å². The van der Waals surface area contributed by atoms with Crippen LogP contribution >= 0.6 is 12.2 Å². The van der Waals surface area contributed by atoms with E-state index in [2.05, 4.69) is 35.8 Å². The Morgan fingerprint density at radius 3 is 2.46 bits per heavy atom. The first-order chi connectivity index (χ1) is 13.6. The quantitative estimate of drug-likeness (QED) is 0.345. The summed E-state index contributed by atoms with van der Waals surface area (Å²) in [5.74, 6) is 0.820. The summed E-state index contributed by atoms with van der Waals surface area (Å²) in [4.78, 5) is 0. The molecule has 28 heavy (non-hydrogen) atoms. The van der Waals surface area contributed by atoms with E-state index >= 15 is 0 Å². The molecule has 0 aliphatic heterocycles. The predicted octanol–water partition coefficient (Wildman–Crippen LogP) is 5.20. The van der Waals surface area contributed by atoms with Crippen LogP contribution in [0.15, 0.2) is 77.9 Å². The molecular weight excluding hydrogens is 366 g/mol. The van der Waals surface area contributed by atoms with Gasteiger partial charge in [0.15, 0.2) is 5.11 Å². The van der Waals surface area contributed by atoms with Crippen LogP contribution in [0.2, 0.25) is 0 Å². The molecule has 0 bridgehead atoms. The van der Waals surface area contributed by atoms with E-state index in [0.29, 0.717) is 11.7 Å². The molecule has 142 valence electrons. The van der Waals surface area contributed by atoms with Crippen LogP contribution in [0.5, 0.6) is 5.75 Å². The van der Waals surface area contributed by atoms with Crippen molar-refractivity contribution >= 4 is 29.2 Å². The third-order valence-electron chi connectivity index (χ3n) is 4.36. The molecule has 5 heteroatoms. The van der Waals surface area contributed by atoms with Crippen molar-refractivity contribution in [2.75, 3.05) is 5.32 Å². The van der Waals surface area contributed by atoms with Gasteiger partial charge in [0.2, 0.25) is 0 Å². The minimum absolute atomic E-state index is 0.452. The highest BCUT2D eigenvalue weighted by molar-refractivity contribution is 7.80. The molecule has 0 aliphatic rings. The van der Waals surface area contributed by atoms with Crippen LogP contribution in [0.3, 0.4) is 0 Å². The summed E-state index contributed by atoms with van der Waals surface area (Å²) in [6, 6.07) is 23.9. The molecule has 0 unspecified atom stereocenters. The minimum atomic E-state index is 0.452. The lowest BCUT2D eigenvalue weighted by atomic mass is 10.1. The lowest BCUT2D eigenvalue weighted by Gasteiger charge is -2.11. The van der Waals surface area contributed by atoms with E-state index in [4.69, 9.17) is 17.0 Å². The van der Waals surface area contributed by atoms with Crippen molar-refractivity contribution in [3.63, 3.8) is 0 Å². The van der Waals surface area contributed by atoms with Gasteiger partial charge in [0.1, 0.15) is 12.4 Å². The van der Waals surface area contributed by atoms with E-state index < -0.39 is 0 Å². The van der Waals surface area contributed by atoms with E-state index in [9.17, 15) is 0 Å². The normalized spacial score (nSPS) is 10.6. The number of nitrogens with one attached hydrogen (secondary N) is 2. The van der Waals surface area contributed by atoms with E-state index in [1.165, 1.54) is 11.1 Å². The zero-order chi connectivity index (χ0) is 19.8. The molecule has 0 aromatic heterocycles. The first-order valence-electron chi connectivity index (χ1n) is 9.05. The van der Waals surface area contributed by atoms with Crippen molar-refractivity contribution in [1.29, 1.82) is 0 Å². The standard InChI is InChI=1S/C23H23N3OS/c1-17-7-6-10-22(18(17)2)25-23(28)26-24-15-19-11-13-21(14-12-19)27-16-20-8-4-3-5-9-20/h3-15H,16H2,1-2H3,(H2,25,26,28). The zero-order valence-electron chi connectivity index (χ0n) is 16.0. The highest BCUT2D eigenvalue weighted by atomic mass is 32.1. The van der Waals surface area contributed by atoms with E-state index in [-0.39, 0.29) is 0 Å². The Morgan fingerprint density at radius 1 is 0.964 bits per heavy atom. The van der Waals surface area contributed by atoms with Crippen molar-refractivity contribution in [1.82, 2.24) is 5.43 Å². The highest BCUT2D eigenvalue weighted by Crippen LogP contribution is 2.17. The second-order valence-corrected chi connectivity index (χ2v) is 6.82. The maximum absolute atomic E-state index is 5.79. The molecule has 2 N–H and O–H groups in total. The molecule has 0 fully saturated rings. The molecular formula is C23H23N3OS. The number of hydrazone groups is 1. The molecule has 0 radical (unpaired) electrons. The van der Waals surface area contributed by atoms with Gasteiger partial charge in [0.25, 0.3) is 0 Å². The Kier molecular flexibility index (Phi) is 6.76. The summed E-state index contributed by atoms with van der Waals surface area (Å²) < 4.78 is 5.79. The first-order valence-corrected chi connectivity index (χ1v) is 9.46. The van der Waals surface area contributed by atoms with Crippen LogP contribution in [-0.2, 0) is 6.61 Å². The van der Waals surface area contributed by atoms with Crippen LogP contribution in [0, 0.1) is 13.8 Å². The maximum atomic E-state index is 5.79. The van der Waals surface area contributed by atoms with Crippen LogP contribution in [0.4, 0.5) is 5.69 Å². The molecule has 0 aliphatic carbocycles. The first kappa shape index (κ1) is 19.6. The fourth-order valence-electron chi connectivity index (χ4n) is 2.59. The fourth-order valence-corrected chi connectivity index (χ4v) is 2.76. The van der Waals surface area contributed by atoms with E-state index in [0.717, 1.165) is 22.6 Å². The SMILES string of the molecule is Cc1cccc(NC(=S)NN=Cc2ccc(OCc3ccccc3)cc2)c1C. The van der Waals surface area contributed by atoms with Gasteiger partial charge in [-0.2, -0.15) is 5.10 Å². The van der Waals surface area contributed by atoms with Crippen LogP contribution < -0.4 is 15.5 Å². The van der Waals surface area contributed by atoms with Gasteiger partial charge >= 0.3 is 0 Å². The summed E-state index contributed by atoms with van der Waals surface area (Å²) in [5, 5.41) is 7.81. The molecule has 0 spiro atoms. The van der Waals surface area contributed by atoms with Crippen molar-refractivity contribution in [3.05, 3.63) is 95.1 Å². The highest BCUT2D eigenvalue weighted by Gasteiger charge is 2.02. The number of anilines is 1. The third-order valence-corrected chi connectivity index (χ3v) is 4.55. The molecule has 0 saturated carbocycles. The summed E-state index contributed by atoms with van der Waals surface area (Å²) in [5.41, 5.74) is 8.30. The number of hydrogen-bond donors (Lipinski definition) is 2. The zero-order valence-corrected chi connectivity index (χ0v) is 16.8. The lowest BCUT2D eigenvalue weighted by Crippen LogP contribution is -2.24. The van der Waals surface area contributed by atoms with Gasteiger partial charge < -0.3 is 10.1 Å². The summed E-state index contributed by atoms with van der Waals surface area (Å²) in [7, 11) is 0. The summed E-state index contributed by atoms with van der Waals surface area (Å²) in [6.07, 6.45) is 1.72. The Hall–Kier alpha value is -3.18. The summed E-state index contributed by atoms with van der Waals surface area (Å²) in [6.45, 7) is 4.68. The maximum Gasteiger partial charge on any atom is 0.191 e. The lowest BCUT2D eigenvalue weighted by molar-refractivity contribution is 0.306. The smallest absolute Gasteiger partial charge is 0.191 e. The van der Waals surface area contributed by atoms with Crippen molar-refractivity contribution in [3.8, 4) is 5.75 Å². The predicted molar refractivity (Wildman–Crippen MR) is 120 cm³/mol. The molecule has 4 nitrogen and oxygen atoms in total. The van der Waals surface area contributed by atoms with Crippen LogP contribution in [0.1, 0.15) is 22.3 Å². The molecule has 0 heterocycles. The molecule has 3 aromatic rings. The monoisotopic (exact) mass is 389 g/mol. The van der Waals surface area contributed by atoms with Gasteiger partial charge in [-0.1, -0.05) is 42.5 Å². The van der Waals surface area contributed by atoms with Crippen molar-refractivity contribution < 1.29 is 4.74 Å². The second kappa shape index (κ2) is 9.67. The largest absolute Gasteiger partial charge is 0.489 e. The number of thiocarbonyl (C=S) groups is 1. The number of benzene rings is 3. The Bertz CT molecular complexity index is 953. The number of hydrogen-bond acceptors (Lipinski definition) is 3. The van der Waals surface area contributed by atoms with Gasteiger partial charge in [0.05, 0.1) is 6.21 Å². The Morgan fingerprint density at radius 2 is 1.71 bits per heavy atom. The number of aryl methyl sites for hydroxylation is 1. The number of ether oxygens (including phenoxy) is 1. The van der Waals surface area contributed by atoms with Crippen LogP contribution in [0.25, 0.3) is 0 Å². The van der Waals surface area contributed by atoms with Gasteiger partial charge in [0, 0.05) is 5.69 Å². The topological polar surface area (TPSA) is 45.7 Å². The second-order valence-electron chi connectivity index (χ2n) is 6.41. The number of nitrogens with zero attached hydrogens (tertiary/aromatic N) is 1. The van der Waals surface area contributed by atoms with Gasteiger partial charge in [-0.25, -0.2) is 0 Å². The van der Waals surface area contributed by atoms with Gasteiger partial charge in [-0.3, -0.25) is 5.43 Å². The average Bonchev–Trinajstić information content (AvgIpc) is 2.72. The van der Waals surface area contributed by atoms with Crippen molar-refractivity contribution in [2.45, 2.75) is 20.5 Å². The molecule has 0 amide bonds. The fraction of sp³-hybridized carbons (Fsp3) is 0.130. The average molecular weight is 390 g/mol. The minimum Gasteiger partial charge on any atom is -0.489 e.